The lowest BCUT2D eigenvalue weighted by atomic mass is 9.83. The van der Waals surface area contributed by atoms with E-state index in [-0.39, 0.29) is 11.7 Å². The summed E-state index contributed by atoms with van der Waals surface area (Å²) in [5, 5.41) is 14.0. The standard InChI is InChI=1S/C35H33N3O12/c1-15(39)46-28-29(47-16(2)40)31(48-17(3)41)35(50-30(28)34(44)45)49-19-9-10-20-22(13-36-24(20)12-19)25-26(33(43)37-32(25)42)23-14-38-11-5-7-18-6-4-8-21(23)27(18)38/h4,6,8-10,12-14,25-26,28-31,35-36H,5,7,11H2,1-3H3,(H,44,45)(H,37,42,43)/t25-,26-,28-,29-,30?,31+,35?/m0/s1. The number of amides is 2. The summed E-state index contributed by atoms with van der Waals surface area (Å²) in [5.74, 6) is -6.41. The van der Waals surface area contributed by atoms with Crippen molar-refractivity contribution in [2.45, 2.75) is 82.7 Å². The van der Waals surface area contributed by atoms with E-state index in [0.29, 0.717) is 16.5 Å². The normalized spacial score (nSPS) is 26.0. The third-order valence-corrected chi connectivity index (χ3v) is 9.25. The van der Waals surface area contributed by atoms with Crippen LogP contribution in [0.25, 0.3) is 21.8 Å². The minimum Gasteiger partial charge on any atom is -0.479 e. The summed E-state index contributed by atoms with van der Waals surface area (Å²) in [6.07, 6.45) is -2.73. The highest BCUT2D eigenvalue weighted by atomic mass is 16.7. The molecular formula is C35H33N3O12. The highest BCUT2D eigenvalue weighted by molar-refractivity contribution is 6.13. The Morgan fingerprint density at radius 1 is 0.860 bits per heavy atom. The van der Waals surface area contributed by atoms with Crippen LogP contribution in [0.1, 0.15) is 55.7 Å². The number of aromatic amines is 1. The number of carbonyl (C=O) groups is 6. The Morgan fingerprint density at radius 2 is 1.54 bits per heavy atom. The molecule has 2 saturated heterocycles. The first kappa shape index (κ1) is 32.8. The number of aromatic nitrogens is 2. The van der Waals surface area contributed by atoms with Crippen LogP contribution in [-0.4, -0.2) is 81.1 Å². The molecule has 2 aromatic carbocycles. The molecular weight excluding hydrogens is 654 g/mol. The minimum atomic E-state index is -1.86. The maximum Gasteiger partial charge on any atom is 0.337 e. The van der Waals surface area contributed by atoms with Crippen molar-refractivity contribution in [3.8, 4) is 5.75 Å². The van der Waals surface area contributed by atoms with E-state index in [0.717, 1.165) is 56.6 Å². The summed E-state index contributed by atoms with van der Waals surface area (Å²) in [5.41, 5.74) is 4.16. The molecule has 15 nitrogen and oxygen atoms in total. The maximum absolute atomic E-state index is 13.4. The number of carbonyl (C=O) groups excluding carboxylic acids is 5. The van der Waals surface area contributed by atoms with Gasteiger partial charge in [0.2, 0.25) is 24.2 Å². The fraction of sp³-hybridized carbons (Fsp3) is 0.371. The number of hydrogen-bond donors (Lipinski definition) is 3. The van der Waals surface area contributed by atoms with E-state index >= 15 is 0 Å². The van der Waals surface area contributed by atoms with E-state index in [1.807, 2.05) is 18.3 Å². The van der Waals surface area contributed by atoms with Crippen LogP contribution in [0, 0.1) is 0 Å². The van der Waals surface area contributed by atoms with Crippen LogP contribution < -0.4 is 10.1 Å². The second kappa shape index (κ2) is 12.6. The van der Waals surface area contributed by atoms with Gasteiger partial charge in [0, 0.05) is 62.1 Å². The molecule has 260 valence electrons. The lowest BCUT2D eigenvalue weighted by molar-refractivity contribution is -0.281. The predicted molar refractivity (Wildman–Crippen MR) is 171 cm³/mol. The lowest BCUT2D eigenvalue weighted by Gasteiger charge is -2.42. The quantitative estimate of drug-likeness (QED) is 0.139. The number of H-pyrrole nitrogens is 1. The van der Waals surface area contributed by atoms with Crippen molar-refractivity contribution in [2.24, 2.45) is 0 Å². The van der Waals surface area contributed by atoms with Crippen LogP contribution in [0.4, 0.5) is 0 Å². The van der Waals surface area contributed by atoms with E-state index in [1.54, 1.807) is 18.3 Å². The molecule has 3 aliphatic heterocycles. The highest BCUT2D eigenvalue weighted by Crippen LogP contribution is 2.45. The fourth-order valence-electron chi connectivity index (χ4n) is 7.41. The summed E-state index contributed by atoms with van der Waals surface area (Å²) in [4.78, 5) is 78.1. The first-order chi connectivity index (χ1) is 23.9. The third kappa shape index (κ3) is 5.72. The third-order valence-electron chi connectivity index (χ3n) is 9.25. The van der Waals surface area contributed by atoms with Gasteiger partial charge in [-0.2, -0.15) is 0 Å². The van der Waals surface area contributed by atoms with Gasteiger partial charge in [0.25, 0.3) is 0 Å². The number of nitrogens with one attached hydrogen (secondary N) is 2. The molecule has 0 bridgehead atoms. The van der Waals surface area contributed by atoms with E-state index in [1.165, 1.54) is 11.6 Å². The Bertz CT molecular complexity index is 2080. The zero-order valence-electron chi connectivity index (χ0n) is 27.2. The first-order valence-electron chi connectivity index (χ1n) is 16.0. The molecule has 3 aliphatic rings. The van der Waals surface area contributed by atoms with Gasteiger partial charge in [-0.05, 0) is 41.7 Å². The zero-order valence-corrected chi connectivity index (χ0v) is 27.2. The topological polar surface area (TPSA) is 202 Å². The van der Waals surface area contributed by atoms with Crippen LogP contribution in [0.5, 0.6) is 5.75 Å². The number of fused-ring (bicyclic) bond motifs is 1. The van der Waals surface area contributed by atoms with Crippen molar-refractivity contribution >= 4 is 57.5 Å². The monoisotopic (exact) mass is 687 g/mol. The summed E-state index contributed by atoms with van der Waals surface area (Å²) >= 11 is 0. The zero-order chi connectivity index (χ0) is 35.4. The molecule has 5 heterocycles. The Morgan fingerprint density at radius 3 is 2.24 bits per heavy atom. The van der Waals surface area contributed by atoms with Gasteiger partial charge in [0.05, 0.1) is 17.4 Å². The summed E-state index contributed by atoms with van der Waals surface area (Å²) in [6.45, 7) is 3.99. The molecule has 50 heavy (non-hydrogen) atoms. The number of carboxylic acids is 1. The van der Waals surface area contributed by atoms with Gasteiger partial charge < -0.3 is 38.3 Å². The van der Waals surface area contributed by atoms with E-state index in [9.17, 15) is 33.9 Å². The molecule has 0 spiro atoms. The van der Waals surface area contributed by atoms with Gasteiger partial charge in [0.1, 0.15) is 5.75 Å². The van der Waals surface area contributed by atoms with Gasteiger partial charge in [-0.1, -0.05) is 18.2 Å². The number of para-hydroxylation sites is 1. The van der Waals surface area contributed by atoms with E-state index in [4.69, 9.17) is 23.7 Å². The largest absolute Gasteiger partial charge is 0.479 e. The summed E-state index contributed by atoms with van der Waals surface area (Å²) in [6, 6.07) is 10.8. The van der Waals surface area contributed by atoms with Crippen LogP contribution in [-0.2, 0) is 60.7 Å². The van der Waals surface area contributed by atoms with Gasteiger partial charge >= 0.3 is 23.9 Å². The van der Waals surface area contributed by atoms with Crippen LogP contribution in [0.15, 0.2) is 48.8 Å². The molecule has 15 heteroatoms. The number of carboxylic acid groups (broad SMARTS) is 1. The summed E-state index contributed by atoms with van der Waals surface area (Å²) < 4.78 is 29.7. The highest BCUT2D eigenvalue weighted by Gasteiger charge is 2.55. The lowest BCUT2D eigenvalue weighted by Crippen LogP contribution is -2.64. The number of esters is 3. The SMILES string of the molecule is CC(=O)O[C@H]1[C@H](OC(C)=O)C(C(=O)O)OC(Oc2ccc3c([C@@H]4C(=O)NC(=O)[C@H]4c4cn5c6c(cccc46)CCC5)c[nH]c3c2)[C@@H]1OC(C)=O. The maximum atomic E-state index is 13.4. The van der Waals surface area contributed by atoms with E-state index < -0.39 is 72.3 Å². The second-order valence-corrected chi connectivity index (χ2v) is 12.6. The molecule has 2 unspecified atom stereocenters. The average Bonchev–Trinajstić information content (AvgIpc) is 3.72. The van der Waals surface area contributed by atoms with Crippen molar-refractivity contribution in [1.29, 1.82) is 0 Å². The number of aryl methyl sites for hydroxylation is 2. The van der Waals surface area contributed by atoms with Crippen LogP contribution in [0.2, 0.25) is 0 Å². The Balaban J connectivity index is 1.22. The predicted octanol–water partition coefficient (Wildman–Crippen LogP) is 2.58. The smallest absolute Gasteiger partial charge is 0.337 e. The number of nitrogens with zero attached hydrogens (tertiary/aromatic N) is 1. The first-order valence-corrected chi connectivity index (χ1v) is 16.0. The van der Waals surface area contributed by atoms with Gasteiger partial charge in [-0.15, -0.1) is 0 Å². The van der Waals surface area contributed by atoms with Crippen molar-refractivity contribution in [3.05, 3.63) is 65.5 Å². The van der Waals surface area contributed by atoms with Crippen LogP contribution in [0.3, 0.4) is 0 Å². The Labute approximate surface area is 283 Å². The average molecular weight is 688 g/mol. The number of hydrogen-bond acceptors (Lipinski definition) is 11. The number of aliphatic carboxylic acids is 1. The van der Waals surface area contributed by atoms with Gasteiger partial charge in [0.15, 0.2) is 18.3 Å². The minimum absolute atomic E-state index is 0.127. The molecule has 4 aromatic rings. The summed E-state index contributed by atoms with van der Waals surface area (Å²) in [7, 11) is 0. The number of ether oxygens (including phenoxy) is 5. The molecule has 3 N–H and O–H groups in total. The molecule has 0 radical (unpaired) electrons. The fourth-order valence-corrected chi connectivity index (χ4v) is 7.41. The second-order valence-electron chi connectivity index (χ2n) is 12.6. The molecule has 2 aromatic heterocycles. The van der Waals surface area contributed by atoms with Crippen molar-refractivity contribution < 1.29 is 57.6 Å². The number of benzene rings is 2. The van der Waals surface area contributed by atoms with Crippen LogP contribution >= 0.6 is 0 Å². The molecule has 7 atom stereocenters. The van der Waals surface area contributed by atoms with Gasteiger partial charge in [-0.3, -0.25) is 29.3 Å². The Kier molecular flexibility index (Phi) is 8.30. The number of imide groups is 1. The van der Waals surface area contributed by atoms with E-state index in [2.05, 4.69) is 20.9 Å². The molecule has 0 saturated carbocycles. The van der Waals surface area contributed by atoms with Crippen molar-refractivity contribution in [2.75, 3.05) is 0 Å². The number of rotatable bonds is 8. The Hall–Kier alpha value is -5.70. The molecule has 0 aliphatic carbocycles. The molecule has 2 amide bonds. The van der Waals surface area contributed by atoms with Crippen molar-refractivity contribution in [1.82, 2.24) is 14.9 Å². The molecule has 7 rings (SSSR count). The van der Waals surface area contributed by atoms with Crippen molar-refractivity contribution in [3.63, 3.8) is 0 Å². The molecule has 2 fully saturated rings. The van der Waals surface area contributed by atoms with Gasteiger partial charge in [-0.25, -0.2) is 4.79 Å².